The standard InChI is InChI=1S/C25H26FN7O/c26-20-14-32(17-12-28-13-17)11-10-21(20)33-25-22(24(27)29-15-30-25)23(31-33)16-6-8-19(9-7-16)34-18-4-2-1-3-5-18/h1-9,15,17,20-21,28H,10-14H2,(H2,27,29,30)/t20-,21-/m1/s1. The van der Waals surface area contributed by atoms with Gasteiger partial charge in [-0.2, -0.15) is 5.10 Å². The van der Waals surface area contributed by atoms with E-state index in [4.69, 9.17) is 15.6 Å². The number of piperidine rings is 1. The van der Waals surface area contributed by atoms with Gasteiger partial charge in [0.1, 0.15) is 35.5 Å². The molecule has 4 aromatic rings. The highest BCUT2D eigenvalue weighted by molar-refractivity contribution is 5.98. The molecule has 174 valence electrons. The minimum atomic E-state index is -1.04. The molecule has 0 unspecified atom stereocenters. The summed E-state index contributed by atoms with van der Waals surface area (Å²) in [5.41, 5.74) is 8.32. The number of rotatable bonds is 5. The second kappa shape index (κ2) is 8.66. The number of likely N-dealkylation sites (tertiary alicyclic amines) is 1. The summed E-state index contributed by atoms with van der Waals surface area (Å²) in [5.74, 6) is 1.81. The van der Waals surface area contributed by atoms with Gasteiger partial charge in [-0.1, -0.05) is 18.2 Å². The number of para-hydroxylation sites is 1. The first kappa shape index (κ1) is 21.0. The van der Waals surface area contributed by atoms with Crippen molar-refractivity contribution in [3.63, 3.8) is 0 Å². The van der Waals surface area contributed by atoms with Crippen molar-refractivity contribution in [3.8, 4) is 22.8 Å². The number of ether oxygens (including phenoxy) is 1. The first-order valence-corrected chi connectivity index (χ1v) is 11.6. The molecule has 3 N–H and O–H groups in total. The SMILES string of the molecule is Nc1ncnc2c1c(-c1ccc(Oc3ccccc3)cc1)nn2[C@@H]1CCN(C2CNC2)C[C@H]1F. The monoisotopic (exact) mass is 459 g/mol. The number of nitrogens with zero attached hydrogens (tertiary/aromatic N) is 5. The number of benzene rings is 2. The Bertz CT molecular complexity index is 1290. The molecule has 0 bridgehead atoms. The third-order valence-electron chi connectivity index (χ3n) is 6.75. The van der Waals surface area contributed by atoms with Crippen LogP contribution < -0.4 is 15.8 Å². The predicted molar refractivity (Wildman–Crippen MR) is 128 cm³/mol. The fourth-order valence-corrected chi connectivity index (χ4v) is 4.79. The third kappa shape index (κ3) is 3.76. The summed E-state index contributed by atoms with van der Waals surface area (Å²) < 4.78 is 23.0. The van der Waals surface area contributed by atoms with Gasteiger partial charge in [-0.3, -0.25) is 4.90 Å². The number of halogens is 1. The molecule has 0 saturated carbocycles. The topological polar surface area (TPSA) is 94.1 Å². The molecule has 2 fully saturated rings. The van der Waals surface area contributed by atoms with Crippen molar-refractivity contribution in [2.45, 2.75) is 24.7 Å². The molecule has 2 aliphatic rings. The van der Waals surface area contributed by atoms with Crippen LogP contribution in [0.2, 0.25) is 0 Å². The minimum absolute atomic E-state index is 0.337. The van der Waals surface area contributed by atoms with Crippen LogP contribution in [0.25, 0.3) is 22.3 Å². The van der Waals surface area contributed by atoms with E-state index in [9.17, 15) is 0 Å². The van der Waals surface area contributed by atoms with Crippen molar-refractivity contribution < 1.29 is 9.13 Å². The number of hydrogen-bond acceptors (Lipinski definition) is 7. The van der Waals surface area contributed by atoms with Gasteiger partial charge in [0.05, 0.1) is 11.4 Å². The molecule has 8 nitrogen and oxygen atoms in total. The van der Waals surface area contributed by atoms with Gasteiger partial charge in [0.25, 0.3) is 0 Å². The highest BCUT2D eigenvalue weighted by Crippen LogP contribution is 2.36. The fraction of sp³-hybridized carbons (Fsp3) is 0.320. The maximum atomic E-state index is 15.4. The second-order valence-electron chi connectivity index (χ2n) is 8.87. The Morgan fingerprint density at radius 3 is 2.47 bits per heavy atom. The van der Waals surface area contributed by atoms with E-state index in [-0.39, 0.29) is 0 Å². The Kier molecular flexibility index (Phi) is 5.35. The van der Waals surface area contributed by atoms with Crippen molar-refractivity contribution in [1.82, 2.24) is 30.0 Å². The van der Waals surface area contributed by atoms with Crippen molar-refractivity contribution in [2.24, 2.45) is 0 Å². The molecule has 0 aliphatic carbocycles. The Balaban J connectivity index is 1.32. The summed E-state index contributed by atoms with van der Waals surface area (Å²) in [6.45, 7) is 3.10. The lowest BCUT2D eigenvalue weighted by Gasteiger charge is -2.43. The number of nitrogen functional groups attached to an aromatic ring is 1. The van der Waals surface area contributed by atoms with E-state index in [2.05, 4.69) is 20.2 Å². The van der Waals surface area contributed by atoms with Crippen LogP contribution in [-0.4, -0.2) is 63.0 Å². The molecule has 6 rings (SSSR count). The quantitative estimate of drug-likeness (QED) is 0.472. The summed E-state index contributed by atoms with van der Waals surface area (Å²) >= 11 is 0. The van der Waals surface area contributed by atoms with E-state index < -0.39 is 12.2 Å². The van der Waals surface area contributed by atoms with E-state index in [0.29, 0.717) is 47.3 Å². The molecule has 2 saturated heterocycles. The molecule has 2 aliphatic heterocycles. The molecule has 0 radical (unpaired) electrons. The number of nitrogens with two attached hydrogens (primary N) is 1. The Morgan fingerprint density at radius 1 is 1.00 bits per heavy atom. The van der Waals surface area contributed by atoms with Crippen LogP contribution >= 0.6 is 0 Å². The van der Waals surface area contributed by atoms with Gasteiger partial charge in [0, 0.05) is 37.8 Å². The highest BCUT2D eigenvalue weighted by atomic mass is 19.1. The summed E-state index contributed by atoms with van der Waals surface area (Å²) in [7, 11) is 0. The van der Waals surface area contributed by atoms with Crippen LogP contribution in [0.1, 0.15) is 12.5 Å². The van der Waals surface area contributed by atoms with E-state index in [1.807, 2.05) is 54.6 Å². The van der Waals surface area contributed by atoms with Crippen LogP contribution in [-0.2, 0) is 0 Å². The Labute approximate surface area is 196 Å². The summed E-state index contributed by atoms with van der Waals surface area (Å²) in [6, 6.07) is 17.3. The maximum absolute atomic E-state index is 15.4. The van der Waals surface area contributed by atoms with Crippen LogP contribution in [0.4, 0.5) is 10.2 Å². The van der Waals surface area contributed by atoms with E-state index in [0.717, 1.165) is 30.9 Å². The number of aromatic nitrogens is 4. The number of alkyl halides is 1. The average Bonchev–Trinajstić information content (AvgIpc) is 3.20. The van der Waals surface area contributed by atoms with E-state index in [1.165, 1.54) is 6.33 Å². The van der Waals surface area contributed by atoms with Crippen molar-refractivity contribution in [3.05, 3.63) is 60.9 Å². The van der Waals surface area contributed by atoms with Gasteiger partial charge in [0.15, 0.2) is 5.65 Å². The zero-order chi connectivity index (χ0) is 23.1. The van der Waals surface area contributed by atoms with Crippen LogP contribution in [0, 0.1) is 0 Å². The molecule has 0 amide bonds. The van der Waals surface area contributed by atoms with Crippen molar-refractivity contribution >= 4 is 16.9 Å². The summed E-state index contributed by atoms with van der Waals surface area (Å²) in [5, 5.41) is 8.75. The smallest absolute Gasteiger partial charge is 0.164 e. The lowest BCUT2D eigenvalue weighted by atomic mass is 9.99. The highest BCUT2D eigenvalue weighted by Gasteiger charge is 2.37. The van der Waals surface area contributed by atoms with Gasteiger partial charge in [-0.25, -0.2) is 19.0 Å². The molecular weight excluding hydrogens is 433 g/mol. The maximum Gasteiger partial charge on any atom is 0.164 e. The van der Waals surface area contributed by atoms with Crippen LogP contribution in [0.3, 0.4) is 0 Å². The van der Waals surface area contributed by atoms with Crippen molar-refractivity contribution in [1.29, 1.82) is 0 Å². The fourth-order valence-electron chi connectivity index (χ4n) is 4.79. The normalized spacial score (nSPS) is 21.4. The summed E-state index contributed by atoms with van der Waals surface area (Å²) in [4.78, 5) is 10.9. The minimum Gasteiger partial charge on any atom is -0.457 e. The zero-order valence-electron chi connectivity index (χ0n) is 18.6. The molecule has 4 heterocycles. The van der Waals surface area contributed by atoms with Gasteiger partial charge < -0.3 is 15.8 Å². The molecule has 2 aromatic carbocycles. The molecule has 34 heavy (non-hydrogen) atoms. The lowest BCUT2D eigenvalue weighted by Crippen LogP contribution is -2.60. The predicted octanol–water partition coefficient (Wildman–Crippen LogP) is 3.42. The first-order chi connectivity index (χ1) is 16.7. The van der Waals surface area contributed by atoms with Crippen LogP contribution in [0.15, 0.2) is 60.9 Å². The second-order valence-corrected chi connectivity index (χ2v) is 8.87. The number of hydrogen-bond donors (Lipinski definition) is 2. The van der Waals surface area contributed by atoms with Gasteiger partial charge in [-0.05, 0) is 42.8 Å². The molecule has 2 atom stereocenters. The molecule has 2 aromatic heterocycles. The zero-order valence-corrected chi connectivity index (χ0v) is 18.6. The Hall–Kier alpha value is -3.56. The summed E-state index contributed by atoms with van der Waals surface area (Å²) in [6.07, 6.45) is 1.05. The number of anilines is 1. The number of fused-ring (bicyclic) bond motifs is 1. The van der Waals surface area contributed by atoms with Crippen LogP contribution in [0.5, 0.6) is 11.5 Å². The first-order valence-electron chi connectivity index (χ1n) is 11.6. The van der Waals surface area contributed by atoms with Gasteiger partial charge >= 0.3 is 0 Å². The third-order valence-corrected chi connectivity index (χ3v) is 6.75. The molecule has 9 heteroatoms. The average molecular weight is 460 g/mol. The Morgan fingerprint density at radius 2 is 1.76 bits per heavy atom. The number of nitrogens with one attached hydrogen (secondary N) is 1. The van der Waals surface area contributed by atoms with Gasteiger partial charge in [0.2, 0.25) is 0 Å². The van der Waals surface area contributed by atoms with E-state index >= 15 is 4.39 Å². The molecule has 0 spiro atoms. The molecular formula is C25H26FN7O. The lowest BCUT2D eigenvalue weighted by molar-refractivity contribution is 0.0401. The van der Waals surface area contributed by atoms with Crippen molar-refractivity contribution in [2.75, 3.05) is 31.9 Å². The van der Waals surface area contributed by atoms with E-state index in [1.54, 1.807) is 4.68 Å². The van der Waals surface area contributed by atoms with Gasteiger partial charge in [-0.15, -0.1) is 0 Å². The largest absolute Gasteiger partial charge is 0.457 e.